The minimum absolute atomic E-state index is 0.145. The zero-order valence-electron chi connectivity index (χ0n) is 9.99. The highest BCUT2D eigenvalue weighted by Gasteiger charge is 2.17. The molecule has 1 amide bonds. The molecule has 3 N–H and O–H groups in total. The number of anilines is 2. The number of amides is 1. The Bertz CT molecular complexity index is 384. The van der Waals surface area contributed by atoms with Gasteiger partial charge in [-0.15, -0.1) is 0 Å². The lowest BCUT2D eigenvalue weighted by atomic mass is 10.1. The van der Waals surface area contributed by atoms with Crippen LogP contribution in [0.2, 0.25) is 0 Å². The van der Waals surface area contributed by atoms with Crippen molar-refractivity contribution in [2.75, 3.05) is 23.7 Å². The van der Waals surface area contributed by atoms with Crippen LogP contribution in [-0.4, -0.2) is 30.0 Å². The van der Waals surface area contributed by atoms with Gasteiger partial charge in [0.1, 0.15) is 5.82 Å². The second-order valence-electron chi connectivity index (χ2n) is 4.14. The number of piperidine rings is 1. The fourth-order valence-electron chi connectivity index (χ4n) is 1.89. The van der Waals surface area contributed by atoms with E-state index in [1.54, 1.807) is 6.20 Å². The van der Waals surface area contributed by atoms with Crippen molar-refractivity contribution in [2.45, 2.75) is 25.8 Å². The first-order valence-corrected chi connectivity index (χ1v) is 6.01. The average Bonchev–Trinajstić information content (AvgIpc) is 2.33. The second kappa shape index (κ2) is 5.52. The molecule has 1 aromatic rings. The van der Waals surface area contributed by atoms with Crippen LogP contribution < -0.4 is 16.0 Å². The number of aromatic nitrogens is 1. The molecule has 1 aliphatic heterocycles. The van der Waals surface area contributed by atoms with Crippen LogP contribution in [0.5, 0.6) is 0 Å². The largest absolute Gasteiger partial charge is 0.380 e. The molecule has 5 nitrogen and oxygen atoms in total. The lowest BCUT2D eigenvalue weighted by Gasteiger charge is -2.24. The highest BCUT2D eigenvalue weighted by Crippen LogP contribution is 2.15. The maximum Gasteiger partial charge on any atom is 0.220 e. The summed E-state index contributed by atoms with van der Waals surface area (Å²) in [7, 11) is 0. The molecule has 0 aliphatic carbocycles. The van der Waals surface area contributed by atoms with E-state index in [0.717, 1.165) is 24.5 Å². The van der Waals surface area contributed by atoms with Crippen molar-refractivity contribution in [1.82, 2.24) is 10.3 Å². The molecule has 17 heavy (non-hydrogen) atoms. The topological polar surface area (TPSA) is 66.0 Å². The van der Waals surface area contributed by atoms with Gasteiger partial charge >= 0.3 is 0 Å². The molecule has 0 saturated carbocycles. The molecule has 1 aromatic heterocycles. The lowest BCUT2D eigenvalue weighted by Crippen LogP contribution is -2.41. The summed E-state index contributed by atoms with van der Waals surface area (Å²) in [6, 6.07) is 4.24. The number of rotatable bonds is 4. The normalized spacial score (nSPS) is 19.6. The summed E-state index contributed by atoms with van der Waals surface area (Å²) in [6.07, 6.45) is 3.26. The van der Waals surface area contributed by atoms with Crippen molar-refractivity contribution in [3.05, 3.63) is 18.3 Å². The molecular formula is C12H18N4O. The van der Waals surface area contributed by atoms with Gasteiger partial charge in [-0.05, 0) is 19.4 Å². The number of carbonyl (C=O) groups is 1. The van der Waals surface area contributed by atoms with E-state index in [1.165, 1.54) is 0 Å². The molecule has 0 spiro atoms. The number of carbonyl (C=O) groups excluding carboxylic acids is 1. The first-order chi connectivity index (χ1) is 8.28. The second-order valence-corrected chi connectivity index (χ2v) is 4.14. The number of hydrogen-bond donors (Lipinski definition) is 3. The van der Waals surface area contributed by atoms with Crippen LogP contribution in [-0.2, 0) is 4.79 Å². The first-order valence-electron chi connectivity index (χ1n) is 6.01. The van der Waals surface area contributed by atoms with Crippen molar-refractivity contribution >= 4 is 17.4 Å². The standard InChI is InChI=1S/C12H18N4O/c1-2-13-11-7-9(5-6-14-11)16-10-3-4-12(17)15-8-10/h5-7,10H,2-4,8H2,1H3,(H,15,17)(H2,13,14,16). The van der Waals surface area contributed by atoms with Gasteiger partial charge in [-0.25, -0.2) is 4.98 Å². The van der Waals surface area contributed by atoms with Crippen LogP contribution >= 0.6 is 0 Å². The highest BCUT2D eigenvalue weighted by atomic mass is 16.1. The summed E-state index contributed by atoms with van der Waals surface area (Å²) in [5.41, 5.74) is 1.04. The average molecular weight is 234 g/mol. The van der Waals surface area contributed by atoms with Gasteiger partial charge < -0.3 is 16.0 Å². The van der Waals surface area contributed by atoms with Crippen LogP contribution in [0, 0.1) is 0 Å². The summed E-state index contributed by atoms with van der Waals surface area (Å²) >= 11 is 0. The van der Waals surface area contributed by atoms with Gasteiger partial charge in [-0.3, -0.25) is 4.79 Å². The molecule has 1 aliphatic rings. The van der Waals surface area contributed by atoms with E-state index in [2.05, 4.69) is 20.9 Å². The molecule has 1 atom stereocenters. The summed E-state index contributed by atoms with van der Waals surface area (Å²) in [5, 5.41) is 9.44. The smallest absolute Gasteiger partial charge is 0.220 e. The van der Waals surface area contributed by atoms with E-state index in [-0.39, 0.29) is 5.91 Å². The molecule has 92 valence electrons. The number of nitrogens with zero attached hydrogens (tertiary/aromatic N) is 1. The van der Waals surface area contributed by atoms with Gasteiger partial charge in [0.05, 0.1) is 0 Å². The predicted molar refractivity (Wildman–Crippen MR) is 68.1 cm³/mol. The van der Waals surface area contributed by atoms with E-state index in [4.69, 9.17) is 0 Å². The van der Waals surface area contributed by atoms with Gasteiger partial charge in [-0.2, -0.15) is 0 Å². The zero-order valence-corrected chi connectivity index (χ0v) is 9.99. The van der Waals surface area contributed by atoms with E-state index in [0.29, 0.717) is 19.0 Å². The number of hydrogen-bond acceptors (Lipinski definition) is 4. The third-order valence-electron chi connectivity index (χ3n) is 2.75. The maximum absolute atomic E-state index is 11.0. The van der Waals surface area contributed by atoms with Crippen LogP contribution in [0.3, 0.4) is 0 Å². The summed E-state index contributed by atoms with van der Waals surface area (Å²) in [5.74, 6) is 1.02. The molecule has 2 rings (SSSR count). The third kappa shape index (κ3) is 3.34. The molecule has 5 heteroatoms. The van der Waals surface area contributed by atoms with Crippen molar-refractivity contribution in [1.29, 1.82) is 0 Å². The molecule has 0 bridgehead atoms. The molecule has 1 saturated heterocycles. The van der Waals surface area contributed by atoms with Crippen LogP contribution in [0.15, 0.2) is 18.3 Å². The molecule has 2 heterocycles. The Hall–Kier alpha value is -1.78. The highest BCUT2D eigenvalue weighted by molar-refractivity contribution is 5.77. The van der Waals surface area contributed by atoms with Gasteiger partial charge in [0.2, 0.25) is 5.91 Å². The van der Waals surface area contributed by atoms with Gasteiger partial charge in [0.25, 0.3) is 0 Å². The Balaban J connectivity index is 1.93. The zero-order chi connectivity index (χ0) is 12.1. The van der Waals surface area contributed by atoms with E-state index in [1.807, 2.05) is 19.1 Å². The van der Waals surface area contributed by atoms with Gasteiger partial charge in [0, 0.05) is 43.5 Å². The molecule has 1 fully saturated rings. The van der Waals surface area contributed by atoms with E-state index >= 15 is 0 Å². The van der Waals surface area contributed by atoms with Gasteiger partial charge in [-0.1, -0.05) is 0 Å². The third-order valence-corrected chi connectivity index (χ3v) is 2.75. The Morgan fingerprint density at radius 3 is 3.18 bits per heavy atom. The predicted octanol–water partition coefficient (Wildman–Crippen LogP) is 1.20. The van der Waals surface area contributed by atoms with Crippen LogP contribution in [0.1, 0.15) is 19.8 Å². The fraction of sp³-hybridized carbons (Fsp3) is 0.500. The quantitative estimate of drug-likeness (QED) is 0.732. The monoisotopic (exact) mass is 234 g/mol. The minimum atomic E-state index is 0.145. The SMILES string of the molecule is CCNc1cc(NC2CCC(=O)NC2)ccn1. The maximum atomic E-state index is 11.0. The van der Waals surface area contributed by atoms with E-state index in [9.17, 15) is 4.79 Å². The van der Waals surface area contributed by atoms with Crippen molar-refractivity contribution in [3.63, 3.8) is 0 Å². The Morgan fingerprint density at radius 2 is 2.47 bits per heavy atom. The molecule has 0 radical (unpaired) electrons. The van der Waals surface area contributed by atoms with E-state index < -0.39 is 0 Å². The first kappa shape index (κ1) is 11.7. The van der Waals surface area contributed by atoms with Crippen LogP contribution in [0.4, 0.5) is 11.5 Å². The lowest BCUT2D eigenvalue weighted by molar-refractivity contribution is -0.122. The van der Waals surface area contributed by atoms with Crippen molar-refractivity contribution in [2.24, 2.45) is 0 Å². The molecule has 1 unspecified atom stereocenters. The van der Waals surface area contributed by atoms with Gasteiger partial charge in [0.15, 0.2) is 0 Å². The number of nitrogens with one attached hydrogen (secondary N) is 3. The number of pyridine rings is 1. The Kier molecular flexibility index (Phi) is 3.80. The summed E-state index contributed by atoms with van der Waals surface area (Å²) in [6.45, 7) is 3.59. The Morgan fingerprint density at radius 1 is 1.59 bits per heavy atom. The fourth-order valence-corrected chi connectivity index (χ4v) is 1.89. The molecule has 0 aromatic carbocycles. The van der Waals surface area contributed by atoms with Crippen molar-refractivity contribution < 1.29 is 4.79 Å². The minimum Gasteiger partial charge on any atom is -0.380 e. The van der Waals surface area contributed by atoms with Crippen LogP contribution in [0.25, 0.3) is 0 Å². The van der Waals surface area contributed by atoms with Crippen molar-refractivity contribution in [3.8, 4) is 0 Å². The molecular weight excluding hydrogens is 216 g/mol. The Labute approximate surface area is 101 Å². The summed E-state index contributed by atoms with van der Waals surface area (Å²) in [4.78, 5) is 15.3. The summed E-state index contributed by atoms with van der Waals surface area (Å²) < 4.78 is 0.